The molecule has 3 saturated heterocycles. The molecule has 168 valence electrons. The van der Waals surface area contributed by atoms with Gasteiger partial charge >= 0.3 is 0 Å². The molecule has 3 heterocycles. The number of rotatable bonds is 4. The minimum absolute atomic E-state index is 0.00510. The van der Waals surface area contributed by atoms with E-state index in [2.05, 4.69) is 16.4 Å². The van der Waals surface area contributed by atoms with Gasteiger partial charge in [-0.2, -0.15) is 5.53 Å². The van der Waals surface area contributed by atoms with Crippen molar-refractivity contribution >= 4 is 23.4 Å². The first kappa shape index (κ1) is 21.0. The van der Waals surface area contributed by atoms with Gasteiger partial charge in [0.25, 0.3) is 5.91 Å². The number of benzene rings is 1. The first-order chi connectivity index (χ1) is 15.0. The zero-order chi connectivity index (χ0) is 21.5. The molecule has 4 fully saturated rings. The van der Waals surface area contributed by atoms with E-state index in [-0.39, 0.29) is 18.4 Å². The summed E-state index contributed by atoms with van der Waals surface area (Å²) in [6, 6.07) is 6.15. The number of ether oxygens (including phenoxy) is 1. The van der Waals surface area contributed by atoms with Gasteiger partial charge in [0.1, 0.15) is 5.75 Å². The average molecular weight is 448 g/mol. The summed E-state index contributed by atoms with van der Waals surface area (Å²) in [6.07, 6.45) is 2.83. The van der Waals surface area contributed by atoms with Crippen LogP contribution in [-0.2, 0) is 9.59 Å². The van der Waals surface area contributed by atoms with Crippen molar-refractivity contribution in [2.45, 2.75) is 38.3 Å². The van der Waals surface area contributed by atoms with E-state index in [4.69, 9.17) is 16.3 Å². The number of nitrogens with zero attached hydrogens (tertiary/aromatic N) is 2. The molecule has 1 aromatic carbocycles. The Morgan fingerprint density at radius 1 is 1.06 bits per heavy atom. The maximum Gasteiger partial charge on any atom is 0.260 e. The molecule has 9 heteroatoms. The molecule has 4 aliphatic rings. The highest BCUT2D eigenvalue weighted by Crippen LogP contribution is 2.34. The van der Waals surface area contributed by atoms with Crippen molar-refractivity contribution in [3.05, 3.63) is 28.8 Å². The third kappa shape index (κ3) is 4.26. The highest BCUT2D eigenvalue weighted by Gasteiger charge is 2.45. The Morgan fingerprint density at radius 2 is 1.77 bits per heavy atom. The third-order valence-electron chi connectivity index (χ3n) is 7.36. The van der Waals surface area contributed by atoms with Gasteiger partial charge in [-0.15, -0.1) is 0 Å². The van der Waals surface area contributed by atoms with Gasteiger partial charge < -0.3 is 14.5 Å². The predicted molar refractivity (Wildman–Crippen MR) is 116 cm³/mol. The van der Waals surface area contributed by atoms with Crippen molar-refractivity contribution < 1.29 is 14.3 Å². The van der Waals surface area contributed by atoms with E-state index in [0.29, 0.717) is 53.7 Å². The molecule has 0 radical (unpaired) electrons. The lowest BCUT2D eigenvalue weighted by molar-refractivity contribution is -0.136. The monoisotopic (exact) mass is 447 g/mol. The normalized spacial score (nSPS) is 32.1. The predicted octanol–water partition coefficient (Wildman–Crippen LogP) is 1.09. The SMILES string of the molecule is Cc1cc(OCC(=O)N2C[C@@H]3CN(C(=O)C4CCC5NNNC5C4)C[C@@H]3C2)ccc1Cl. The molecule has 0 spiro atoms. The summed E-state index contributed by atoms with van der Waals surface area (Å²) in [5, 5.41) is 0.686. The minimum atomic E-state index is 0.00510. The van der Waals surface area contributed by atoms with E-state index in [1.54, 1.807) is 12.1 Å². The molecule has 3 aliphatic heterocycles. The maximum atomic E-state index is 13.1. The van der Waals surface area contributed by atoms with E-state index in [9.17, 15) is 9.59 Å². The topological polar surface area (TPSA) is 85.9 Å². The van der Waals surface area contributed by atoms with Crippen LogP contribution in [0, 0.1) is 24.7 Å². The molecule has 3 unspecified atom stereocenters. The second-order valence-corrected chi connectivity index (χ2v) is 9.81. The summed E-state index contributed by atoms with van der Waals surface area (Å²) in [4.78, 5) is 29.7. The molecular formula is C22H30ClN5O3. The molecule has 8 nitrogen and oxygen atoms in total. The Morgan fingerprint density at radius 3 is 2.52 bits per heavy atom. The molecule has 31 heavy (non-hydrogen) atoms. The fraction of sp³-hybridized carbons (Fsp3) is 0.636. The third-order valence-corrected chi connectivity index (χ3v) is 7.78. The van der Waals surface area contributed by atoms with Crippen molar-refractivity contribution in [1.82, 2.24) is 26.2 Å². The summed E-state index contributed by atoms with van der Waals surface area (Å²) in [5.74, 6) is 1.79. The lowest BCUT2D eigenvalue weighted by atomic mass is 9.82. The van der Waals surface area contributed by atoms with Crippen LogP contribution in [0.2, 0.25) is 5.02 Å². The molecule has 1 saturated carbocycles. The van der Waals surface area contributed by atoms with Crippen LogP contribution in [0.3, 0.4) is 0 Å². The number of nitrogens with one attached hydrogen (secondary N) is 3. The molecule has 3 N–H and O–H groups in total. The molecule has 2 amide bonds. The number of hydrogen-bond donors (Lipinski definition) is 3. The summed E-state index contributed by atoms with van der Waals surface area (Å²) in [6.45, 7) is 4.89. The number of hydrogen-bond acceptors (Lipinski definition) is 6. The fourth-order valence-corrected chi connectivity index (χ4v) is 5.65. The summed E-state index contributed by atoms with van der Waals surface area (Å²) < 4.78 is 5.68. The van der Waals surface area contributed by atoms with Gasteiger partial charge in [-0.25, -0.2) is 10.9 Å². The molecule has 1 aliphatic carbocycles. The Bertz CT molecular complexity index is 854. The van der Waals surface area contributed by atoms with Crippen molar-refractivity contribution in [2.24, 2.45) is 17.8 Å². The number of carbonyl (C=O) groups excluding carboxylic acids is 2. The Kier molecular flexibility index (Phi) is 5.81. The number of hydrazine groups is 2. The van der Waals surface area contributed by atoms with E-state index in [1.165, 1.54) is 0 Å². The minimum Gasteiger partial charge on any atom is -0.484 e. The van der Waals surface area contributed by atoms with Gasteiger partial charge in [0.05, 0.1) is 0 Å². The second kappa shape index (κ2) is 8.58. The Hall–Kier alpha value is -1.87. The van der Waals surface area contributed by atoms with Crippen LogP contribution in [0.4, 0.5) is 0 Å². The summed E-state index contributed by atoms with van der Waals surface area (Å²) >= 11 is 6.04. The quantitative estimate of drug-likeness (QED) is 0.640. The summed E-state index contributed by atoms with van der Waals surface area (Å²) in [5.41, 5.74) is 10.4. The van der Waals surface area contributed by atoms with Gasteiger partial charge in [0, 0.05) is 61.0 Å². The highest BCUT2D eigenvalue weighted by atomic mass is 35.5. The summed E-state index contributed by atoms with van der Waals surface area (Å²) in [7, 11) is 0. The largest absolute Gasteiger partial charge is 0.484 e. The van der Waals surface area contributed by atoms with Crippen molar-refractivity contribution in [3.8, 4) is 5.75 Å². The molecule has 0 aromatic heterocycles. The zero-order valence-electron chi connectivity index (χ0n) is 17.8. The molecular weight excluding hydrogens is 418 g/mol. The Labute approximate surface area is 187 Å². The van der Waals surface area contributed by atoms with Crippen molar-refractivity contribution in [1.29, 1.82) is 0 Å². The van der Waals surface area contributed by atoms with Crippen LogP contribution < -0.4 is 21.1 Å². The molecule has 0 bridgehead atoms. The number of halogens is 1. The number of aryl methyl sites for hydroxylation is 1. The van der Waals surface area contributed by atoms with Crippen molar-refractivity contribution in [3.63, 3.8) is 0 Å². The second-order valence-electron chi connectivity index (χ2n) is 9.40. The van der Waals surface area contributed by atoms with Gasteiger partial charge in [0.2, 0.25) is 5.91 Å². The van der Waals surface area contributed by atoms with Crippen LogP contribution >= 0.6 is 11.6 Å². The van der Waals surface area contributed by atoms with Crippen LogP contribution in [0.15, 0.2) is 18.2 Å². The first-order valence-corrected chi connectivity index (χ1v) is 11.6. The van der Waals surface area contributed by atoms with Gasteiger partial charge in [-0.3, -0.25) is 9.59 Å². The van der Waals surface area contributed by atoms with Gasteiger partial charge in [0.15, 0.2) is 6.61 Å². The lowest BCUT2D eigenvalue weighted by Crippen LogP contribution is -2.45. The van der Waals surface area contributed by atoms with E-state index >= 15 is 0 Å². The average Bonchev–Trinajstić information content (AvgIpc) is 3.47. The highest BCUT2D eigenvalue weighted by molar-refractivity contribution is 6.31. The van der Waals surface area contributed by atoms with E-state index in [1.807, 2.05) is 22.8 Å². The maximum absolute atomic E-state index is 13.1. The molecule has 5 atom stereocenters. The van der Waals surface area contributed by atoms with Crippen molar-refractivity contribution in [2.75, 3.05) is 32.8 Å². The molecule has 5 rings (SSSR count). The Balaban J connectivity index is 1.10. The first-order valence-electron chi connectivity index (χ1n) is 11.2. The number of amides is 2. The van der Waals surface area contributed by atoms with E-state index < -0.39 is 0 Å². The number of likely N-dealkylation sites (tertiary alicyclic amines) is 2. The zero-order valence-corrected chi connectivity index (χ0v) is 18.5. The fourth-order valence-electron chi connectivity index (χ4n) is 5.53. The van der Waals surface area contributed by atoms with Crippen LogP contribution in [0.25, 0.3) is 0 Å². The smallest absolute Gasteiger partial charge is 0.260 e. The lowest BCUT2D eigenvalue weighted by Gasteiger charge is -2.32. The number of carbonyl (C=O) groups is 2. The van der Waals surface area contributed by atoms with E-state index in [0.717, 1.165) is 37.9 Å². The van der Waals surface area contributed by atoms with Gasteiger partial charge in [-0.05, 0) is 49.9 Å². The standard InChI is InChI=1S/C22H30ClN5O3/c1-13-6-17(3-4-18(13)23)31-12-21(29)27-8-15-10-28(11-16(15)9-27)22(30)14-2-5-19-20(7-14)25-26-24-19/h3-4,6,14-16,19-20,24-26H,2,5,7-12H2,1H3/t14?,15-,16+,19?,20?. The van der Waals surface area contributed by atoms with Crippen LogP contribution in [0.1, 0.15) is 24.8 Å². The van der Waals surface area contributed by atoms with Gasteiger partial charge in [-0.1, -0.05) is 11.6 Å². The number of fused-ring (bicyclic) bond motifs is 2. The van der Waals surface area contributed by atoms with Crippen LogP contribution in [-0.4, -0.2) is 66.5 Å². The molecule has 1 aromatic rings. The van der Waals surface area contributed by atoms with Crippen LogP contribution in [0.5, 0.6) is 5.75 Å².